The minimum atomic E-state index is -4.57. The van der Waals surface area contributed by atoms with E-state index in [9.17, 15) is 22.8 Å². The van der Waals surface area contributed by atoms with Gasteiger partial charge in [-0.05, 0) is 25.2 Å². The summed E-state index contributed by atoms with van der Waals surface area (Å²) >= 11 is 0. The van der Waals surface area contributed by atoms with Crippen molar-refractivity contribution >= 4 is 5.91 Å². The molecule has 1 amide bonds. The molecule has 0 bridgehead atoms. The summed E-state index contributed by atoms with van der Waals surface area (Å²) in [4.78, 5) is 34.8. The normalized spacial score (nSPS) is 15.6. The molecule has 1 fully saturated rings. The lowest BCUT2D eigenvalue weighted by atomic mass is 10.1. The summed E-state index contributed by atoms with van der Waals surface area (Å²) in [5.41, 5.74) is -0.926. The molecule has 3 aromatic rings. The molecule has 10 nitrogen and oxygen atoms in total. The number of halogens is 3. The molecule has 13 heteroatoms. The van der Waals surface area contributed by atoms with Crippen molar-refractivity contribution in [3.8, 4) is 22.8 Å². The maximum absolute atomic E-state index is 12.9. The topological polar surface area (TPSA) is 116 Å². The van der Waals surface area contributed by atoms with Gasteiger partial charge in [0.25, 0.3) is 11.5 Å². The number of rotatable bonds is 2. The number of ether oxygens (including phenoxy) is 2. The molecule has 180 valence electrons. The lowest BCUT2D eigenvalue weighted by Gasteiger charge is -2.31. The first-order valence-electron chi connectivity index (χ1n) is 10.3. The van der Waals surface area contributed by atoms with E-state index in [1.54, 1.807) is 23.4 Å². The molecule has 2 aromatic heterocycles. The van der Waals surface area contributed by atoms with Crippen LogP contribution in [0.25, 0.3) is 11.3 Å². The van der Waals surface area contributed by atoms with Crippen molar-refractivity contribution in [2.75, 3.05) is 40.0 Å². The summed E-state index contributed by atoms with van der Waals surface area (Å²) in [7, 11) is 2.06. The SMILES string of the molecule is CN1CCN(C(=O)c2ncccn2)CC1.O=c1cc(-c2cc3c(c(C(F)(F)F)c2)OCO3)[nH][nH]1. The summed E-state index contributed by atoms with van der Waals surface area (Å²) in [5.74, 6) is -0.0910. The Bertz CT molecular complexity index is 1200. The van der Waals surface area contributed by atoms with Gasteiger partial charge in [0.15, 0.2) is 11.5 Å². The molecule has 0 radical (unpaired) electrons. The molecular weight excluding hydrogens is 457 g/mol. The standard InChI is InChI=1S/C11H7F3N2O3.C10H14N4O/c12-11(13,14)6-1-5(7-3-9(17)16-15-7)2-8-10(6)19-4-18-8;1-13-5-7-14(8-6-13)10(15)9-11-3-2-4-12-9/h1-3H,4H2,(H2,15,16,17);2-4H,5-8H2,1H3. The lowest BCUT2D eigenvalue weighted by molar-refractivity contribution is -0.138. The number of H-pyrrole nitrogens is 2. The number of amides is 1. The van der Waals surface area contributed by atoms with Gasteiger partial charge < -0.3 is 19.3 Å². The zero-order valence-electron chi connectivity index (χ0n) is 18.1. The van der Waals surface area contributed by atoms with Crippen LogP contribution < -0.4 is 15.0 Å². The second kappa shape index (κ2) is 9.55. The molecule has 0 atom stereocenters. The third kappa shape index (κ3) is 5.20. The number of piperazine rings is 1. The Labute approximate surface area is 191 Å². The summed E-state index contributed by atoms with van der Waals surface area (Å²) in [5, 5.41) is 4.75. The monoisotopic (exact) mass is 478 g/mol. The van der Waals surface area contributed by atoms with E-state index in [4.69, 9.17) is 9.47 Å². The van der Waals surface area contributed by atoms with Gasteiger partial charge in [-0.2, -0.15) is 13.2 Å². The third-order valence-corrected chi connectivity index (χ3v) is 5.23. The third-order valence-electron chi connectivity index (χ3n) is 5.23. The van der Waals surface area contributed by atoms with E-state index in [0.29, 0.717) is 5.82 Å². The first kappa shape index (κ1) is 23.3. The molecule has 5 rings (SSSR count). The largest absolute Gasteiger partial charge is 0.454 e. The second-order valence-electron chi connectivity index (χ2n) is 7.60. The Morgan fingerprint density at radius 3 is 2.35 bits per heavy atom. The van der Waals surface area contributed by atoms with Gasteiger partial charge in [-0.25, -0.2) is 9.97 Å². The van der Waals surface area contributed by atoms with E-state index in [1.807, 2.05) is 0 Å². The number of likely N-dealkylation sites (N-methyl/N-ethyl adjacent to an activating group) is 1. The molecule has 0 aliphatic carbocycles. The molecular formula is C21H21F3N6O4. The van der Waals surface area contributed by atoms with Crippen LogP contribution in [-0.2, 0) is 6.18 Å². The molecule has 1 saturated heterocycles. The van der Waals surface area contributed by atoms with Crippen LogP contribution in [-0.4, -0.2) is 75.9 Å². The number of hydrogen-bond donors (Lipinski definition) is 2. The number of nitrogens with zero attached hydrogens (tertiary/aromatic N) is 4. The van der Waals surface area contributed by atoms with E-state index >= 15 is 0 Å². The van der Waals surface area contributed by atoms with E-state index in [2.05, 4.69) is 32.1 Å². The van der Waals surface area contributed by atoms with Gasteiger partial charge in [0, 0.05) is 50.2 Å². The molecule has 1 aromatic carbocycles. The van der Waals surface area contributed by atoms with Crippen LogP contribution in [0.15, 0.2) is 41.5 Å². The summed E-state index contributed by atoms with van der Waals surface area (Å²) in [6.45, 7) is 3.09. The Morgan fingerprint density at radius 2 is 1.74 bits per heavy atom. The zero-order chi connectivity index (χ0) is 24.3. The van der Waals surface area contributed by atoms with Gasteiger partial charge in [-0.3, -0.25) is 19.8 Å². The molecule has 2 N–H and O–H groups in total. The highest BCUT2D eigenvalue weighted by Crippen LogP contribution is 2.46. The predicted octanol–water partition coefficient (Wildman–Crippen LogP) is 1.98. The lowest BCUT2D eigenvalue weighted by Crippen LogP contribution is -2.47. The fourth-order valence-corrected chi connectivity index (χ4v) is 3.42. The first-order chi connectivity index (χ1) is 16.2. The smallest absolute Gasteiger partial charge is 0.420 e. The van der Waals surface area contributed by atoms with E-state index < -0.39 is 17.3 Å². The first-order valence-corrected chi connectivity index (χ1v) is 10.3. The Kier molecular flexibility index (Phi) is 6.54. The number of fused-ring (bicyclic) bond motifs is 1. The predicted molar refractivity (Wildman–Crippen MR) is 113 cm³/mol. The van der Waals surface area contributed by atoms with Gasteiger partial charge in [0.2, 0.25) is 12.6 Å². The average Bonchev–Trinajstić information content (AvgIpc) is 3.47. The zero-order valence-corrected chi connectivity index (χ0v) is 18.1. The minimum Gasteiger partial charge on any atom is -0.454 e. The number of nitrogens with one attached hydrogen (secondary N) is 2. The molecule has 0 saturated carbocycles. The highest BCUT2D eigenvalue weighted by Gasteiger charge is 2.38. The maximum Gasteiger partial charge on any atom is 0.420 e. The van der Waals surface area contributed by atoms with Crippen molar-refractivity contribution in [1.29, 1.82) is 0 Å². The fourth-order valence-electron chi connectivity index (χ4n) is 3.42. The van der Waals surface area contributed by atoms with E-state index in [0.717, 1.165) is 38.3 Å². The Balaban J connectivity index is 0.000000166. The van der Waals surface area contributed by atoms with Crippen molar-refractivity contribution in [2.45, 2.75) is 6.18 Å². The van der Waals surface area contributed by atoms with Crippen LogP contribution in [0.2, 0.25) is 0 Å². The highest BCUT2D eigenvalue weighted by molar-refractivity contribution is 5.90. The molecule has 34 heavy (non-hydrogen) atoms. The van der Waals surface area contributed by atoms with Gasteiger partial charge in [-0.15, -0.1) is 0 Å². The van der Waals surface area contributed by atoms with Gasteiger partial charge in [0.05, 0.1) is 5.69 Å². The highest BCUT2D eigenvalue weighted by atomic mass is 19.4. The van der Waals surface area contributed by atoms with Crippen molar-refractivity contribution < 1.29 is 27.4 Å². The van der Waals surface area contributed by atoms with Crippen molar-refractivity contribution in [2.24, 2.45) is 0 Å². The van der Waals surface area contributed by atoms with Gasteiger partial charge in [0.1, 0.15) is 5.56 Å². The molecule has 0 spiro atoms. The number of alkyl halides is 3. The summed E-state index contributed by atoms with van der Waals surface area (Å²) in [6.07, 6.45) is -1.38. The molecule has 2 aliphatic heterocycles. The van der Waals surface area contributed by atoms with E-state index in [1.165, 1.54) is 6.07 Å². The van der Waals surface area contributed by atoms with Crippen LogP contribution in [0.4, 0.5) is 13.2 Å². The van der Waals surface area contributed by atoms with Crippen molar-refractivity contribution in [3.05, 3.63) is 58.4 Å². The van der Waals surface area contributed by atoms with Gasteiger partial charge in [-0.1, -0.05) is 0 Å². The van der Waals surface area contributed by atoms with Crippen LogP contribution in [0.1, 0.15) is 16.2 Å². The number of aromatic nitrogens is 4. The van der Waals surface area contributed by atoms with Crippen molar-refractivity contribution in [1.82, 2.24) is 30.0 Å². The Hall–Kier alpha value is -3.87. The Morgan fingerprint density at radius 1 is 1.03 bits per heavy atom. The quantitative estimate of drug-likeness (QED) is 0.579. The van der Waals surface area contributed by atoms with Crippen LogP contribution in [0.5, 0.6) is 11.5 Å². The maximum atomic E-state index is 12.9. The number of aromatic amines is 2. The number of benzene rings is 1. The molecule has 0 unspecified atom stereocenters. The molecule has 4 heterocycles. The van der Waals surface area contributed by atoms with Crippen LogP contribution in [0.3, 0.4) is 0 Å². The van der Waals surface area contributed by atoms with Crippen LogP contribution in [0, 0.1) is 0 Å². The second-order valence-corrected chi connectivity index (χ2v) is 7.60. The van der Waals surface area contributed by atoms with Gasteiger partial charge >= 0.3 is 6.18 Å². The number of carbonyl (C=O) groups is 1. The van der Waals surface area contributed by atoms with Crippen LogP contribution >= 0.6 is 0 Å². The fraction of sp³-hybridized carbons (Fsp3) is 0.333. The van der Waals surface area contributed by atoms with E-state index in [-0.39, 0.29) is 35.5 Å². The molecule has 2 aliphatic rings. The van der Waals surface area contributed by atoms with Crippen molar-refractivity contribution in [3.63, 3.8) is 0 Å². The minimum absolute atomic E-state index is 0.00636. The average molecular weight is 478 g/mol. The summed E-state index contributed by atoms with van der Waals surface area (Å²) in [6, 6.07) is 5.17. The number of carbonyl (C=O) groups excluding carboxylic acids is 1. The number of hydrogen-bond acceptors (Lipinski definition) is 7. The summed E-state index contributed by atoms with van der Waals surface area (Å²) < 4.78 is 48.6.